The first-order valence-corrected chi connectivity index (χ1v) is 13.5. The van der Waals surface area contributed by atoms with Gasteiger partial charge in [0.2, 0.25) is 0 Å². The van der Waals surface area contributed by atoms with Gasteiger partial charge in [0, 0.05) is 37.8 Å². The number of rotatable bonds is 7. The predicted octanol–water partition coefficient (Wildman–Crippen LogP) is 5.76. The molecular formula is C32H37N5O4. The molecule has 3 amide bonds. The molecule has 2 heterocycles. The van der Waals surface area contributed by atoms with Crippen LogP contribution in [0.15, 0.2) is 60.8 Å². The van der Waals surface area contributed by atoms with Gasteiger partial charge in [-0.25, -0.2) is 9.78 Å². The molecule has 0 saturated carbocycles. The highest BCUT2D eigenvalue weighted by Gasteiger charge is 2.20. The molecule has 41 heavy (non-hydrogen) atoms. The van der Waals surface area contributed by atoms with Gasteiger partial charge in [0.25, 0.3) is 11.8 Å². The van der Waals surface area contributed by atoms with Crippen molar-refractivity contribution in [1.29, 1.82) is 0 Å². The van der Waals surface area contributed by atoms with Crippen LogP contribution in [0.25, 0.3) is 22.3 Å². The maximum absolute atomic E-state index is 13.5. The fourth-order valence-electron chi connectivity index (χ4n) is 4.49. The number of pyridine rings is 1. The summed E-state index contributed by atoms with van der Waals surface area (Å²) in [4.78, 5) is 47.5. The molecule has 9 nitrogen and oxygen atoms in total. The number of aromatic nitrogens is 2. The van der Waals surface area contributed by atoms with Crippen LogP contribution in [0, 0.1) is 6.92 Å². The molecule has 214 valence electrons. The molecule has 4 rings (SSSR count). The summed E-state index contributed by atoms with van der Waals surface area (Å²) in [6.07, 6.45) is 1.16. The van der Waals surface area contributed by atoms with E-state index in [1.807, 2.05) is 56.3 Å². The van der Waals surface area contributed by atoms with Crippen LogP contribution < -0.4 is 10.6 Å². The lowest BCUT2D eigenvalue weighted by atomic mass is 9.99. The third-order valence-corrected chi connectivity index (χ3v) is 6.56. The van der Waals surface area contributed by atoms with E-state index in [0.29, 0.717) is 22.5 Å². The molecule has 0 saturated heterocycles. The van der Waals surface area contributed by atoms with E-state index in [4.69, 9.17) is 9.72 Å². The van der Waals surface area contributed by atoms with Crippen molar-refractivity contribution in [3.63, 3.8) is 0 Å². The van der Waals surface area contributed by atoms with Crippen LogP contribution in [0.4, 0.5) is 4.79 Å². The minimum atomic E-state index is -0.595. The summed E-state index contributed by atoms with van der Waals surface area (Å²) < 4.78 is 5.31. The van der Waals surface area contributed by atoms with E-state index < -0.39 is 11.7 Å². The summed E-state index contributed by atoms with van der Waals surface area (Å²) in [5, 5.41) is 6.80. The van der Waals surface area contributed by atoms with Gasteiger partial charge in [0.15, 0.2) is 0 Å². The van der Waals surface area contributed by atoms with E-state index in [0.717, 1.165) is 27.6 Å². The number of para-hydroxylation sites is 1. The number of aromatic amines is 1. The smallest absolute Gasteiger partial charge is 0.407 e. The van der Waals surface area contributed by atoms with Crippen LogP contribution in [0.3, 0.4) is 0 Å². The Morgan fingerprint density at radius 3 is 2.49 bits per heavy atom. The third-order valence-electron chi connectivity index (χ3n) is 6.56. The summed E-state index contributed by atoms with van der Waals surface area (Å²) in [5.74, 6) is -0.330. The van der Waals surface area contributed by atoms with Crippen molar-refractivity contribution < 1.29 is 19.1 Å². The number of nitrogens with one attached hydrogen (secondary N) is 3. The van der Waals surface area contributed by atoms with E-state index in [-0.39, 0.29) is 24.4 Å². The van der Waals surface area contributed by atoms with E-state index in [9.17, 15) is 14.4 Å². The molecule has 1 atom stereocenters. The Bertz CT molecular complexity index is 1600. The number of benzene rings is 2. The number of carbonyl (C=O) groups excluding carboxylic acids is 3. The van der Waals surface area contributed by atoms with Crippen molar-refractivity contribution in [2.24, 2.45) is 0 Å². The van der Waals surface area contributed by atoms with Gasteiger partial charge in [-0.1, -0.05) is 30.3 Å². The monoisotopic (exact) mass is 555 g/mol. The molecule has 9 heteroatoms. The first kappa shape index (κ1) is 29.3. The fourth-order valence-corrected chi connectivity index (χ4v) is 4.49. The zero-order valence-corrected chi connectivity index (χ0v) is 24.6. The highest BCUT2D eigenvalue weighted by Crippen LogP contribution is 2.29. The molecule has 3 N–H and O–H groups in total. The average molecular weight is 556 g/mol. The Hall–Kier alpha value is -4.66. The van der Waals surface area contributed by atoms with Crippen LogP contribution in [-0.4, -0.2) is 52.5 Å². The molecule has 2 aromatic carbocycles. The van der Waals surface area contributed by atoms with Crippen LogP contribution in [0.2, 0.25) is 0 Å². The van der Waals surface area contributed by atoms with E-state index in [1.165, 1.54) is 4.90 Å². The molecule has 0 aliphatic heterocycles. The lowest BCUT2D eigenvalue weighted by Crippen LogP contribution is -2.32. The Kier molecular flexibility index (Phi) is 8.47. The van der Waals surface area contributed by atoms with Gasteiger partial charge in [0.05, 0.1) is 28.5 Å². The lowest BCUT2D eigenvalue weighted by Gasteiger charge is -2.20. The molecule has 0 spiro atoms. The summed E-state index contributed by atoms with van der Waals surface area (Å²) in [5.41, 5.74) is 5.13. The van der Waals surface area contributed by atoms with Gasteiger partial charge in [-0.15, -0.1) is 0 Å². The molecule has 0 aliphatic carbocycles. The zero-order chi connectivity index (χ0) is 29.9. The fraction of sp³-hybridized carbons (Fsp3) is 0.312. The molecule has 4 aromatic rings. The molecule has 0 unspecified atom stereocenters. The van der Waals surface area contributed by atoms with Crippen molar-refractivity contribution in [2.75, 3.05) is 14.1 Å². The number of carbonyl (C=O) groups is 3. The second kappa shape index (κ2) is 11.8. The number of nitrogens with zero attached hydrogens (tertiary/aromatic N) is 2. The summed E-state index contributed by atoms with van der Waals surface area (Å²) in [7, 11) is 3.42. The van der Waals surface area contributed by atoms with Crippen LogP contribution in [0.1, 0.15) is 71.1 Å². The van der Waals surface area contributed by atoms with Gasteiger partial charge in [-0.2, -0.15) is 0 Å². The first-order valence-electron chi connectivity index (χ1n) is 13.5. The normalized spacial score (nSPS) is 12.1. The maximum Gasteiger partial charge on any atom is 0.407 e. The number of fused-ring (bicyclic) bond motifs is 1. The standard InChI is InChI=1S/C32H37N5O4/c1-19-12-13-21(17-34-31(40)41-32(3,4)5)14-24(19)29(38)35-20(2)25-16-28(36-26-11-9-8-10-23(25)26)27-15-22(18-33-27)30(39)37(6)7/h8-16,18,20,33H,17H2,1-7H3,(H,34,40)(H,35,38)/t20-/m1/s1. The van der Waals surface area contributed by atoms with Crippen LogP contribution >= 0.6 is 0 Å². The zero-order valence-electron chi connectivity index (χ0n) is 24.6. The molecule has 0 fully saturated rings. The number of alkyl carbamates (subject to hydrolysis) is 1. The molecule has 0 bridgehead atoms. The topological polar surface area (TPSA) is 116 Å². The first-order chi connectivity index (χ1) is 19.3. The van der Waals surface area contributed by atoms with Crippen molar-refractivity contribution in [3.05, 3.63) is 88.6 Å². The van der Waals surface area contributed by atoms with Gasteiger partial charge < -0.3 is 25.3 Å². The Morgan fingerprint density at radius 2 is 1.78 bits per heavy atom. The molecular weight excluding hydrogens is 518 g/mol. The average Bonchev–Trinajstić information content (AvgIpc) is 3.40. The highest BCUT2D eigenvalue weighted by atomic mass is 16.6. The number of hydrogen-bond acceptors (Lipinski definition) is 5. The molecule has 2 aromatic heterocycles. The summed E-state index contributed by atoms with van der Waals surface area (Å²) in [6, 6.07) is 16.7. The van der Waals surface area contributed by atoms with Gasteiger partial charge >= 0.3 is 6.09 Å². The van der Waals surface area contributed by atoms with E-state index >= 15 is 0 Å². The Morgan fingerprint density at radius 1 is 1.05 bits per heavy atom. The summed E-state index contributed by atoms with van der Waals surface area (Å²) in [6.45, 7) is 9.46. The number of H-pyrrole nitrogens is 1. The largest absolute Gasteiger partial charge is 0.444 e. The lowest BCUT2D eigenvalue weighted by molar-refractivity contribution is 0.0523. The van der Waals surface area contributed by atoms with Crippen LogP contribution in [-0.2, 0) is 11.3 Å². The molecule has 0 radical (unpaired) electrons. The Labute approximate surface area is 240 Å². The number of aryl methyl sites for hydroxylation is 1. The van der Waals surface area contributed by atoms with Crippen molar-refractivity contribution in [3.8, 4) is 11.4 Å². The van der Waals surface area contributed by atoms with Crippen LogP contribution in [0.5, 0.6) is 0 Å². The quantitative estimate of drug-likeness (QED) is 0.268. The minimum Gasteiger partial charge on any atom is -0.444 e. The number of ether oxygens (including phenoxy) is 1. The summed E-state index contributed by atoms with van der Waals surface area (Å²) >= 11 is 0. The van der Waals surface area contributed by atoms with Crippen molar-refractivity contribution in [2.45, 2.75) is 52.8 Å². The number of amides is 3. The second-order valence-corrected chi connectivity index (χ2v) is 11.3. The van der Waals surface area contributed by atoms with Gasteiger partial charge in [0.1, 0.15) is 5.60 Å². The Balaban J connectivity index is 1.58. The van der Waals surface area contributed by atoms with Crippen molar-refractivity contribution >= 4 is 28.8 Å². The maximum atomic E-state index is 13.5. The minimum absolute atomic E-state index is 0.104. The third kappa shape index (κ3) is 7.11. The SMILES string of the molecule is Cc1ccc(CNC(=O)OC(C)(C)C)cc1C(=O)N[C@H](C)c1cc(-c2cc(C(=O)N(C)C)c[nH]2)nc2ccccc12. The van der Waals surface area contributed by atoms with Gasteiger partial charge in [-0.05, 0) is 75.6 Å². The second-order valence-electron chi connectivity index (χ2n) is 11.3. The predicted molar refractivity (Wildman–Crippen MR) is 160 cm³/mol. The highest BCUT2D eigenvalue weighted by molar-refractivity contribution is 5.97. The van der Waals surface area contributed by atoms with Crippen molar-refractivity contribution in [1.82, 2.24) is 25.5 Å². The van der Waals surface area contributed by atoms with E-state index in [1.54, 1.807) is 53.2 Å². The van der Waals surface area contributed by atoms with E-state index in [2.05, 4.69) is 15.6 Å². The van der Waals surface area contributed by atoms with Gasteiger partial charge in [-0.3, -0.25) is 9.59 Å². The number of hydrogen-bond donors (Lipinski definition) is 3. The molecule has 0 aliphatic rings.